The predicted molar refractivity (Wildman–Crippen MR) is 93.9 cm³/mol. The van der Waals surface area contributed by atoms with Gasteiger partial charge in [0.15, 0.2) is 11.5 Å². The highest BCUT2D eigenvalue weighted by Crippen LogP contribution is 2.40. The predicted octanol–water partition coefficient (Wildman–Crippen LogP) is 4.84. The molecule has 0 aromatic heterocycles. The molecule has 1 spiro atoms. The van der Waals surface area contributed by atoms with Gasteiger partial charge in [0.2, 0.25) is 0 Å². The fourth-order valence-corrected chi connectivity index (χ4v) is 4.27. The average Bonchev–Trinajstić information content (AvgIpc) is 3.26. The van der Waals surface area contributed by atoms with E-state index in [-0.39, 0.29) is 5.60 Å². The number of hydrogen-bond acceptors (Lipinski definition) is 4. The van der Waals surface area contributed by atoms with Gasteiger partial charge in [0, 0.05) is 12.0 Å². The lowest BCUT2D eigenvalue weighted by atomic mass is 9.81. The van der Waals surface area contributed by atoms with Crippen molar-refractivity contribution in [2.24, 2.45) is 5.16 Å². The van der Waals surface area contributed by atoms with Crippen molar-refractivity contribution in [2.75, 3.05) is 7.11 Å². The minimum Gasteiger partial charge on any atom is -0.493 e. The molecule has 3 aliphatic rings. The van der Waals surface area contributed by atoms with Gasteiger partial charge in [0.1, 0.15) is 5.60 Å². The Hall–Kier alpha value is -1.71. The standard InChI is InChI=1S/C20H27NO3/c1-22-18-10-9-15(13-19(18)23-16-7-3-4-8-16)17-14-20(24-21-17)11-5-2-6-12-20/h9-10,13,16H,2-8,11-12,14H2,1H3. The van der Waals surface area contributed by atoms with Crippen molar-refractivity contribution in [3.63, 3.8) is 0 Å². The van der Waals surface area contributed by atoms with Crippen molar-refractivity contribution in [1.29, 1.82) is 0 Å². The van der Waals surface area contributed by atoms with Crippen LogP contribution in [0.1, 0.15) is 69.8 Å². The molecule has 1 heterocycles. The second kappa shape index (κ2) is 6.66. The first-order valence-corrected chi connectivity index (χ1v) is 9.38. The lowest BCUT2D eigenvalue weighted by molar-refractivity contribution is -0.0449. The zero-order chi connectivity index (χ0) is 16.4. The first-order chi connectivity index (χ1) is 11.8. The van der Waals surface area contributed by atoms with Gasteiger partial charge >= 0.3 is 0 Å². The Bertz CT molecular complexity index is 613. The number of hydrogen-bond donors (Lipinski definition) is 0. The molecule has 2 aliphatic carbocycles. The molecular weight excluding hydrogens is 302 g/mol. The number of oxime groups is 1. The molecule has 1 aliphatic heterocycles. The van der Waals surface area contributed by atoms with Crippen LogP contribution in [0.3, 0.4) is 0 Å². The summed E-state index contributed by atoms with van der Waals surface area (Å²) in [5.41, 5.74) is 2.11. The molecule has 0 amide bonds. The Kier molecular flexibility index (Phi) is 4.38. The largest absolute Gasteiger partial charge is 0.493 e. The molecule has 0 N–H and O–H groups in total. The van der Waals surface area contributed by atoms with Gasteiger partial charge in [-0.15, -0.1) is 0 Å². The highest BCUT2D eigenvalue weighted by atomic mass is 16.7. The molecule has 1 aromatic rings. The Morgan fingerprint density at radius 2 is 1.83 bits per heavy atom. The highest BCUT2D eigenvalue weighted by Gasteiger charge is 2.40. The number of rotatable bonds is 4. The summed E-state index contributed by atoms with van der Waals surface area (Å²) >= 11 is 0. The number of benzene rings is 1. The molecule has 130 valence electrons. The number of ether oxygens (including phenoxy) is 2. The zero-order valence-corrected chi connectivity index (χ0v) is 14.6. The summed E-state index contributed by atoms with van der Waals surface area (Å²) in [6, 6.07) is 6.15. The van der Waals surface area contributed by atoms with Crippen LogP contribution in [-0.2, 0) is 4.84 Å². The molecule has 2 saturated carbocycles. The molecule has 0 unspecified atom stereocenters. The van der Waals surface area contributed by atoms with E-state index in [0.717, 1.165) is 54.9 Å². The van der Waals surface area contributed by atoms with E-state index in [0.29, 0.717) is 6.10 Å². The fraction of sp³-hybridized carbons (Fsp3) is 0.650. The van der Waals surface area contributed by atoms with Gasteiger partial charge in [-0.05, 0) is 69.6 Å². The Morgan fingerprint density at radius 3 is 2.58 bits per heavy atom. The third kappa shape index (κ3) is 3.11. The minimum atomic E-state index is -0.0417. The molecule has 0 bridgehead atoms. The molecule has 4 heteroatoms. The van der Waals surface area contributed by atoms with E-state index in [1.54, 1.807) is 7.11 Å². The van der Waals surface area contributed by atoms with Crippen molar-refractivity contribution in [2.45, 2.75) is 75.9 Å². The summed E-state index contributed by atoms with van der Waals surface area (Å²) in [5.74, 6) is 1.65. The lowest BCUT2D eigenvalue weighted by Crippen LogP contribution is -2.31. The highest BCUT2D eigenvalue weighted by molar-refractivity contribution is 6.02. The van der Waals surface area contributed by atoms with Gasteiger partial charge in [0.05, 0.1) is 18.9 Å². The van der Waals surface area contributed by atoms with Crippen LogP contribution in [0, 0.1) is 0 Å². The summed E-state index contributed by atoms with van der Waals surface area (Å²) in [5, 5.41) is 4.43. The van der Waals surface area contributed by atoms with E-state index in [2.05, 4.69) is 17.3 Å². The second-order valence-electron chi connectivity index (χ2n) is 7.44. The topological polar surface area (TPSA) is 40.0 Å². The third-order valence-electron chi connectivity index (χ3n) is 5.70. The summed E-state index contributed by atoms with van der Waals surface area (Å²) in [7, 11) is 1.70. The van der Waals surface area contributed by atoms with E-state index >= 15 is 0 Å². The van der Waals surface area contributed by atoms with E-state index in [1.165, 1.54) is 32.1 Å². The number of nitrogens with zero attached hydrogens (tertiary/aromatic N) is 1. The third-order valence-corrected chi connectivity index (χ3v) is 5.70. The Morgan fingerprint density at radius 1 is 1.04 bits per heavy atom. The van der Waals surface area contributed by atoms with Crippen molar-refractivity contribution in [3.05, 3.63) is 23.8 Å². The Balaban J connectivity index is 1.53. The molecule has 0 radical (unpaired) electrons. The molecule has 4 rings (SSSR count). The van der Waals surface area contributed by atoms with Crippen LogP contribution in [-0.4, -0.2) is 24.5 Å². The fourth-order valence-electron chi connectivity index (χ4n) is 4.27. The second-order valence-corrected chi connectivity index (χ2v) is 7.44. The van der Waals surface area contributed by atoms with Crippen molar-refractivity contribution < 1.29 is 14.3 Å². The normalized spacial score (nSPS) is 23.1. The van der Waals surface area contributed by atoms with Crippen LogP contribution in [0.15, 0.2) is 23.4 Å². The van der Waals surface area contributed by atoms with Crippen LogP contribution in [0.5, 0.6) is 11.5 Å². The summed E-state index contributed by atoms with van der Waals surface area (Å²) in [4.78, 5) is 5.89. The van der Waals surface area contributed by atoms with Gasteiger partial charge in [-0.1, -0.05) is 11.6 Å². The molecular formula is C20H27NO3. The van der Waals surface area contributed by atoms with Crippen molar-refractivity contribution in [1.82, 2.24) is 0 Å². The van der Waals surface area contributed by atoms with Crippen LogP contribution >= 0.6 is 0 Å². The van der Waals surface area contributed by atoms with Gasteiger partial charge in [-0.25, -0.2) is 0 Å². The van der Waals surface area contributed by atoms with Crippen LogP contribution in [0.25, 0.3) is 0 Å². The number of methoxy groups -OCH3 is 1. The van der Waals surface area contributed by atoms with E-state index < -0.39 is 0 Å². The van der Waals surface area contributed by atoms with Crippen molar-refractivity contribution in [3.8, 4) is 11.5 Å². The first-order valence-electron chi connectivity index (χ1n) is 9.38. The van der Waals surface area contributed by atoms with E-state index in [4.69, 9.17) is 14.3 Å². The van der Waals surface area contributed by atoms with Gasteiger partial charge in [-0.2, -0.15) is 0 Å². The minimum absolute atomic E-state index is 0.0417. The summed E-state index contributed by atoms with van der Waals surface area (Å²) < 4.78 is 11.7. The summed E-state index contributed by atoms with van der Waals surface area (Å²) in [6.45, 7) is 0. The van der Waals surface area contributed by atoms with Gasteiger partial charge in [0.25, 0.3) is 0 Å². The molecule has 0 atom stereocenters. The maximum atomic E-state index is 6.21. The maximum Gasteiger partial charge on any atom is 0.162 e. The van der Waals surface area contributed by atoms with Crippen LogP contribution in [0.2, 0.25) is 0 Å². The van der Waals surface area contributed by atoms with E-state index in [1.807, 2.05) is 6.07 Å². The zero-order valence-electron chi connectivity index (χ0n) is 14.6. The smallest absolute Gasteiger partial charge is 0.162 e. The Labute approximate surface area is 144 Å². The molecule has 24 heavy (non-hydrogen) atoms. The maximum absolute atomic E-state index is 6.21. The van der Waals surface area contributed by atoms with E-state index in [9.17, 15) is 0 Å². The monoisotopic (exact) mass is 329 g/mol. The molecule has 2 fully saturated rings. The molecule has 4 nitrogen and oxygen atoms in total. The lowest BCUT2D eigenvalue weighted by Gasteiger charge is -2.30. The average molecular weight is 329 g/mol. The SMILES string of the molecule is COc1ccc(C2=NOC3(CCCCC3)C2)cc1OC1CCCC1. The van der Waals surface area contributed by atoms with Gasteiger partial charge in [-0.3, -0.25) is 0 Å². The first kappa shape index (κ1) is 15.8. The van der Waals surface area contributed by atoms with Gasteiger partial charge < -0.3 is 14.3 Å². The quantitative estimate of drug-likeness (QED) is 0.793. The van der Waals surface area contributed by atoms with Crippen LogP contribution in [0.4, 0.5) is 0 Å². The van der Waals surface area contributed by atoms with Crippen molar-refractivity contribution >= 4 is 5.71 Å². The molecule has 0 saturated heterocycles. The van der Waals surface area contributed by atoms with Crippen LogP contribution < -0.4 is 9.47 Å². The molecule has 1 aromatic carbocycles. The summed E-state index contributed by atoms with van der Waals surface area (Å²) in [6.07, 6.45) is 12.1.